The first-order chi connectivity index (χ1) is 14.3. The number of esters is 1. The van der Waals surface area contributed by atoms with Gasteiger partial charge in [-0.05, 0) is 37.5 Å². The SMILES string of the molecule is CC(NC(=O)COC(=O)CCN1C(=O)NC2(CCCCC2)C1=O)c1ccc(Br)cc1. The maximum absolute atomic E-state index is 12.7. The van der Waals surface area contributed by atoms with Crippen LogP contribution in [0.2, 0.25) is 0 Å². The Hall–Kier alpha value is -2.42. The zero-order chi connectivity index (χ0) is 21.7. The van der Waals surface area contributed by atoms with Crippen molar-refractivity contribution in [1.82, 2.24) is 15.5 Å². The highest BCUT2D eigenvalue weighted by Crippen LogP contribution is 2.33. The number of imide groups is 1. The predicted molar refractivity (Wildman–Crippen MR) is 112 cm³/mol. The van der Waals surface area contributed by atoms with E-state index in [-0.39, 0.29) is 24.9 Å². The molecule has 2 aliphatic rings. The molecule has 0 radical (unpaired) electrons. The summed E-state index contributed by atoms with van der Waals surface area (Å²) in [4.78, 5) is 50.0. The van der Waals surface area contributed by atoms with Crippen molar-refractivity contribution in [3.05, 3.63) is 34.3 Å². The summed E-state index contributed by atoms with van der Waals surface area (Å²) in [6.07, 6.45) is 3.97. The highest BCUT2D eigenvalue weighted by Gasteiger charge is 2.51. The summed E-state index contributed by atoms with van der Waals surface area (Å²) in [7, 11) is 0. The van der Waals surface area contributed by atoms with Gasteiger partial charge in [0.2, 0.25) is 0 Å². The van der Waals surface area contributed by atoms with Crippen LogP contribution in [0, 0.1) is 0 Å². The minimum absolute atomic E-state index is 0.0534. The van der Waals surface area contributed by atoms with Gasteiger partial charge in [0.1, 0.15) is 5.54 Å². The monoisotopic (exact) mass is 479 g/mol. The number of nitrogens with one attached hydrogen (secondary N) is 2. The fourth-order valence-corrected chi connectivity index (χ4v) is 4.18. The third-order valence-electron chi connectivity index (χ3n) is 5.60. The molecule has 2 N–H and O–H groups in total. The first-order valence-corrected chi connectivity index (χ1v) is 10.9. The molecule has 1 aliphatic heterocycles. The van der Waals surface area contributed by atoms with Gasteiger partial charge in [0.05, 0.1) is 12.5 Å². The van der Waals surface area contributed by atoms with Crippen molar-refractivity contribution < 1.29 is 23.9 Å². The van der Waals surface area contributed by atoms with Crippen LogP contribution < -0.4 is 10.6 Å². The average molecular weight is 480 g/mol. The number of nitrogens with zero attached hydrogens (tertiary/aromatic N) is 1. The highest BCUT2D eigenvalue weighted by molar-refractivity contribution is 9.10. The Bertz CT molecular complexity index is 820. The lowest BCUT2D eigenvalue weighted by molar-refractivity contribution is -0.149. The summed E-state index contributed by atoms with van der Waals surface area (Å²) in [6, 6.07) is 6.84. The van der Waals surface area contributed by atoms with E-state index < -0.39 is 30.1 Å². The summed E-state index contributed by atoms with van der Waals surface area (Å²) >= 11 is 3.36. The molecule has 1 aromatic carbocycles. The van der Waals surface area contributed by atoms with Gasteiger partial charge in [0, 0.05) is 11.0 Å². The van der Waals surface area contributed by atoms with Crippen LogP contribution in [0.15, 0.2) is 28.7 Å². The van der Waals surface area contributed by atoms with Crippen LogP contribution in [0.4, 0.5) is 4.79 Å². The maximum Gasteiger partial charge on any atom is 0.325 e. The lowest BCUT2D eigenvalue weighted by atomic mass is 9.82. The van der Waals surface area contributed by atoms with Crippen LogP contribution in [-0.2, 0) is 19.1 Å². The van der Waals surface area contributed by atoms with Crippen molar-refractivity contribution in [1.29, 1.82) is 0 Å². The normalized spacial score (nSPS) is 18.8. The molecule has 3 rings (SSSR count). The molecule has 1 aliphatic carbocycles. The molecule has 4 amide bonds. The number of ether oxygens (including phenoxy) is 1. The van der Waals surface area contributed by atoms with E-state index in [2.05, 4.69) is 26.6 Å². The minimum atomic E-state index is -0.803. The van der Waals surface area contributed by atoms with Gasteiger partial charge in [-0.15, -0.1) is 0 Å². The first kappa shape index (κ1) is 22.3. The van der Waals surface area contributed by atoms with Crippen molar-refractivity contribution in [2.45, 2.75) is 57.0 Å². The molecule has 1 heterocycles. The second-order valence-electron chi connectivity index (χ2n) is 7.78. The molecule has 0 bridgehead atoms. The van der Waals surface area contributed by atoms with Gasteiger partial charge in [-0.2, -0.15) is 0 Å². The molecule has 162 valence electrons. The quantitative estimate of drug-likeness (QED) is 0.462. The second kappa shape index (κ2) is 9.59. The molecule has 1 saturated carbocycles. The molecule has 0 aromatic heterocycles. The Balaban J connectivity index is 1.41. The summed E-state index contributed by atoms with van der Waals surface area (Å²) in [6.45, 7) is 1.37. The first-order valence-electron chi connectivity index (χ1n) is 10.2. The number of halogens is 1. The van der Waals surface area contributed by atoms with Gasteiger partial charge in [-0.1, -0.05) is 47.3 Å². The number of rotatable bonds is 7. The topological polar surface area (TPSA) is 105 Å². The third kappa shape index (κ3) is 5.19. The van der Waals surface area contributed by atoms with Gasteiger partial charge >= 0.3 is 12.0 Å². The number of benzene rings is 1. The molecule has 1 unspecified atom stereocenters. The standard InChI is InChI=1S/C21H26BrN3O5/c1-14(15-5-7-16(22)8-6-15)23-17(26)13-30-18(27)9-12-25-19(28)21(24-20(25)29)10-3-2-4-11-21/h5-8,14H,2-4,9-13H2,1H3,(H,23,26)(H,24,29). The number of urea groups is 1. The summed E-state index contributed by atoms with van der Waals surface area (Å²) in [5.74, 6) is -1.32. The van der Waals surface area contributed by atoms with Gasteiger partial charge in [-0.3, -0.25) is 19.3 Å². The molecule has 1 aromatic rings. The fraction of sp³-hybridized carbons (Fsp3) is 0.524. The van der Waals surface area contributed by atoms with Gasteiger partial charge in [-0.25, -0.2) is 4.79 Å². The van der Waals surface area contributed by atoms with Crippen LogP contribution in [0.25, 0.3) is 0 Å². The Morgan fingerprint density at radius 3 is 2.53 bits per heavy atom. The minimum Gasteiger partial charge on any atom is -0.456 e. The van der Waals surface area contributed by atoms with Crippen LogP contribution in [0.3, 0.4) is 0 Å². The van der Waals surface area contributed by atoms with E-state index in [1.807, 2.05) is 31.2 Å². The number of carbonyl (C=O) groups excluding carboxylic acids is 4. The van der Waals surface area contributed by atoms with E-state index in [9.17, 15) is 19.2 Å². The third-order valence-corrected chi connectivity index (χ3v) is 6.13. The maximum atomic E-state index is 12.7. The molecule has 2 fully saturated rings. The van der Waals surface area contributed by atoms with E-state index in [1.165, 1.54) is 0 Å². The van der Waals surface area contributed by atoms with Crippen molar-refractivity contribution in [3.63, 3.8) is 0 Å². The van der Waals surface area contributed by atoms with Crippen molar-refractivity contribution in [3.8, 4) is 0 Å². The Morgan fingerprint density at radius 2 is 1.87 bits per heavy atom. The average Bonchev–Trinajstić information content (AvgIpc) is 2.94. The molecule has 1 atom stereocenters. The van der Waals surface area contributed by atoms with E-state index in [1.54, 1.807) is 0 Å². The van der Waals surface area contributed by atoms with Crippen molar-refractivity contribution in [2.75, 3.05) is 13.2 Å². The number of carbonyl (C=O) groups is 4. The molecule has 9 heteroatoms. The van der Waals surface area contributed by atoms with Crippen molar-refractivity contribution in [2.24, 2.45) is 0 Å². The predicted octanol–water partition coefficient (Wildman–Crippen LogP) is 2.81. The van der Waals surface area contributed by atoms with Crippen LogP contribution in [-0.4, -0.2) is 47.4 Å². The van der Waals surface area contributed by atoms with Crippen LogP contribution in [0.5, 0.6) is 0 Å². The number of hydrogen-bond donors (Lipinski definition) is 2. The summed E-state index contributed by atoms with van der Waals surface area (Å²) < 4.78 is 5.94. The van der Waals surface area contributed by atoms with Gasteiger partial charge < -0.3 is 15.4 Å². The number of hydrogen-bond acceptors (Lipinski definition) is 5. The van der Waals surface area contributed by atoms with E-state index in [4.69, 9.17) is 4.74 Å². The fourth-order valence-electron chi connectivity index (χ4n) is 3.91. The van der Waals surface area contributed by atoms with E-state index in [0.29, 0.717) is 12.8 Å². The lowest BCUT2D eigenvalue weighted by Gasteiger charge is -2.30. The van der Waals surface area contributed by atoms with Crippen LogP contribution in [0.1, 0.15) is 57.1 Å². The summed E-state index contributed by atoms with van der Waals surface area (Å²) in [5.41, 5.74) is 0.121. The Labute approximate surface area is 183 Å². The zero-order valence-corrected chi connectivity index (χ0v) is 18.5. The Kier molecular flexibility index (Phi) is 7.12. The molecule has 1 spiro atoms. The smallest absolute Gasteiger partial charge is 0.325 e. The van der Waals surface area contributed by atoms with Crippen LogP contribution >= 0.6 is 15.9 Å². The van der Waals surface area contributed by atoms with Crippen molar-refractivity contribution >= 4 is 39.7 Å². The lowest BCUT2D eigenvalue weighted by Crippen LogP contribution is -2.48. The molecular weight excluding hydrogens is 454 g/mol. The largest absolute Gasteiger partial charge is 0.456 e. The molecular formula is C21H26BrN3O5. The molecule has 8 nitrogen and oxygen atoms in total. The molecule has 30 heavy (non-hydrogen) atoms. The zero-order valence-electron chi connectivity index (χ0n) is 16.9. The number of amides is 4. The summed E-state index contributed by atoms with van der Waals surface area (Å²) in [5, 5.41) is 5.56. The van der Waals surface area contributed by atoms with E-state index >= 15 is 0 Å². The molecule has 1 saturated heterocycles. The highest BCUT2D eigenvalue weighted by atomic mass is 79.9. The van der Waals surface area contributed by atoms with Gasteiger partial charge in [0.15, 0.2) is 6.61 Å². The Morgan fingerprint density at radius 1 is 1.20 bits per heavy atom. The second-order valence-corrected chi connectivity index (χ2v) is 8.70. The van der Waals surface area contributed by atoms with E-state index in [0.717, 1.165) is 34.2 Å². The van der Waals surface area contributed by atoms with Gasteiger partial charge in [0.25, 0.3) is 11.8 Å².